The Morgan fingerprint density at radius 2 is 1.64 bits per heavy atom. The van der Waals surface area contributed by atoms with Gasteiger partial charge in [-0.25, -0.2) is 0 Å². The van der Waals surface area contributed by atoms with Crippen molar-refractivity contribution in [2.75, 3.05) is 6.61 Å². The van der Waals surface area contributed by atoms with Crippen molar-refractivity contribution in [2.45, 2.75) is 52.9 Å². The molecule has 3 atom stereocenters. The third kappa shape index (κ3) is 1.58. The van der Waals surface area contributed by atoms with Crippen molar-refractivity contribution in [3.8, 4) is 0 Å². The second-order valence-corrected chi connectivity index (χ2v) is 5.49. The molecule has 3 nitrogen and oxygen atoms in total. The Morgan fingerprint density at radius 3 is 2.07 bits per heavy atom. The fourth-order valence-corrected chi connectivity index (χ4v) is 2.23. The fraction of sp³-hybridized carbons (Fsp3) is 1.00. The first-order valence-electron chi connectivity index (χ1n) is 5.19. The van der Waals surface area contributed by atoms with Gasteiger partial charge in [0.2, 0.25) is 0 Å². The second-order valence-electron chi connectivity index (χ2n) is 5.49. The van der Waals surface area contributed by atoms with Gasteiger partial charge in [0, 0.05) is 10.8 Å². The molecule has 0 aromatic rings. The van der Waals surface area contributed by atoms with Crippen LogP contribution >= 0.6 is 0 Å². The van der Waals surface area contributed by atoms with E-state index in [4.69, 9.17) is 4.74 Å². The first kappa shape index (κ1) is 12.0. The maximum absolute atomic E-state index is 10.2. The standard InChI is InChI=1S/C11H22O3/c1-7-10(2,3)9(13)11(4,5)8(6-12)14-7/h7-9,12-13H,6H2,1-5H3. The highest BCUT2D eigenvalue weighted by Gasteiger charge is 2.52. The monoisotopic (exact) mass is 202 g/mol. The zero-order valence-electron chi connectivity index (χ0n) is 9.74. The summed E-state index contributed by atoms with van der Waals surface area (Å²) >= 11 is 0. The SMILES string of the molecule is CC1OC(CO)C(C)(C)C(O)C1(C)C. The van der Waals surface area contributed by atoms with Crippen molar-refractivity contribution in [1.82, 2.24) is 0 Å². The number of hydrogen-bond donors (Lipinski definition) is 2. The van der Waals surface area contributed by atoms with Crippen LogP contribution in [0.25, 0.3) is 0 Å². The molecule has 0 aromatic heterocycles. The molecule has 3 unspecified atom stereocenters. The van der Waals surface area contributed by atoms with Crippen LogP contribution in [0.2, 0.25) is 0 Å². The van der Waals surface area contributed by atoms with Gasteiger partial charge >= 0.3 is 0 Å². The summed E-state index contributed by atoms with van der Waals surface area (Å²) in [6.07, 6.45) is -0.779. The molecule has 2 N–H and O–H groups in total. The van der Waals surface area contributed by atoms with Gasteiger partial charge < -0.3 is 14.9 Å². The van der Waals surface area contributed by atoms with Gasteiger partial charge in [-0.1, -0.05) is 27.7 Å². The molecule has 1 heterocycles. The zero-order chi connectivity index (χ0) is 11.1. The first-order valence-corrected chi connectivity index (χ1v) is 5.19. The molecular formula is C11H22O3. The second kappa shape index (κ2) is 3.47. The minimum atomic E-state index is -0.462. The average Bonchev–Trinajstić information content (AvgIpc) is 2.09. The lowest BCUT2D eigenvalue weighted by Gasteiger charge is -2.53. The lowest BCUT2D eigenvalue weighted by atomic mass is 9.64. The Morgan fingerprint density at radius 1 is 1.14 bits per heavy atom. The lowest BCUT2D eigenvalue weighted by Crippen LogP contribution is -2.60. The summed E-state index contributed by atoms with van der Waals surface area (Å²) in [6, 6.07) is 0. The summed E-state index contributed by atoms with van der Waals surface area (Å²) < 4.78 is 5.73. The van der Waals surface area contributed by atoms with Gasteiger partial charge in [0.1, 0.15) is 0 Å². The molecule has 0 aromatic carbocycles. The van der Waals surface area contributed by atoms with Crippen LogP contribution in [0.3, 0.4) is 0 Å². The van der Waals surface area contributed by atoms with E-state index in [9.17, 15) is 10.2 Å². The highest BCUT2D eigenvalue weighted by atomic mass is 16.5. The van der Waals surface area contributed by atoms with Gasteiger partial charge in [-0.2, -0.15) is 0 Å². The summed E-state index contributed by atoms with van der Waals surface area (Å²) in [5.41, 5.74) is -0.667. The van der Waals surface area contributed by atoms with Crippen LogP contribution in [0.5, 0.6) is 0 Å². The molecule has 0 bridgehead atoms. The third-order valence-electron chi connectivity index (χ3n) is 3.82. The molecule has 1 rings (SSSR count). The molecule has 1 aliphatic rings. The van der Waals surface area contributed by atoms with E-state index in [-0.39, 0.29) is 24.2 Å². The van der Waals surface area contributed by atoms with Crippen LogP contribution in [0.1, 0.15) is 34.6 Å². The molecule has 0 spiro atoms. The average molecular weight is 202 g/mol. The Bertz CT molecular complexity index is 211. The molecule has 0 aliphatic carbocycles. The number of rotatable bonds is 1. The van der Waals surface area contributed by atoms with Gasteiger partial charge in [0.05, 0.1) is 24.9 Å². The van der Waals surface area contributed by atoms with Crippen molar-refractivity contribution in [3.63, 3.8) is 0 Å². The van der Waals surface area contributed by atoms with E-state index in [1.54, 1.807) is 0 Å². The molecule has 0 amide bonds. The van der Waals surface area contributed by atoms with E-state index in [0.29, 0.717) is 0 Å². The van der Waals surface area contributed by atoms with Gasteiger partial charge in [-0.15, -0.1) is 0 Å². The smallest absolute Gasteiger partial charge is 0.0885 e. The number of aliphatic hydroxyl groups is 2. The van der Waals surface area contributed by atoms with Gasteiger partial charge in [-0.05, 0) is 6.92 Å². The van der Waals surface area contributed by atoms with Crippen molar-refractivity contribution >= 4 is 0 Å². The summed E-state index contributed by atoms with van der Waals surface area (Å²) in [5, 5.41) is 19.4. The summed E-state index contributed by atoms with van der Waals surface area (Å²) in [4.78, 5) is 0. The topological polar surface area (TPSA) is 49.7 Å². The molecule has 84 valence electrons. The van der Waals surface area contributed by atoms with Crippen LogP contribution in [0, 0.1) is 10.8 Å². The molecule has 1 aliphatic heterocycles. The zero-order valence-corrected chi connectivity index (χ0v) is 9.74. The molecule has 1 saturated heterocycles. The molecular weight excluding hydrogens is 180 g/mol. The fourth-order valence-electron chi connectivity index (χ4n) is 2.23. The summed E-state index contributed by atoms with van der Waals surface area (Å²) in [6.45, 7) is 9.78. The quantitative estimate of drug-likeness (QED) is 0.671. The number of aliphatic hydroxyl groups excluding tert-OH is 2. The summed E-state index contributed by atoms with van der Waals surface area (Å²) in [5.74, 6) is 0. The maximum atomic E-state index is 10.2. The van der Waals surface area contributed by atoms with Crippen molar-refractivity contribution in [1.29, 1.82) is 0 Å². The van der Waals surface area contributed by atoms with E-state index >= 15 is 0 Å². The molecule has 0 saturated carbocycles. The third-order valence-corrected chi connectivity index (χ3v) is 3.82. The number of ether oxygens (including phenoxy) is 1. The number of hydrogen-bond acceptors (Lipinski definition) is 3. The minimum absolute atomic E-state index is 0.0372. The molecule has 14 heavy (non-hydrogen) atoms. The van der Waals surface area contributed by atoms with Gasteiger partial charge in [0.25, 0.3) is 0 Å². The van der Waals surface area contributed by atoms with Crippen LogP contribution < -0.4 is 0 Å². The Balaban J connectivity index is 2.97. The highest BCUT2D eigenvalue weighted by Crippen LogP contribution is 2.45. The van der Waals surface area contributed by atoms with Crippen LogP contribution in [0.15, 0.2) is 0 Å². The Labute approximate surface area is 86.1 Å². The van der Waals surface area contributed by atoms with Crippen LogP contribution in [0.4, 0.5) is 0 Å². The highest BCUT2D eigenvalue weighted by molar-refractivity contribution is 5.00. The van der Waals surface area contributed by atoms with Crippen LogP contribution in [-0.4, -0.2) is 35.1 Å². The van der Waals surface area contributed by atoms with Gasteiger partial charge in [0.15, 0.2) is 0 Å². The van der Waals surface area contributed by atoms with E-state index < -0.39 is 11.5 Å². The molecule has 0 radical (unpaired) electrons. The predicted molar refractivity (Wildman–Crippen MR) is 55.0 cm³/mol. The van der Waals surface area contributed by atoms with Crippen LogP contribution in [-0.2, 0) is 4.74 Å². The minimum Gasteiger partial charge on any atom is -0.394 e. The van der Waals surface area contributed by atoms with Gasteiger partial charge in [-0.3, -0.25) is 0 Å². The lowest BCUT2D eigenvalue weighted by molar-refractivity contribution is -0.241. The predicted octanol–water partition coefficient (Wildman–Crippen LogP) is 1.18. The van der Waals surface area contributed by atoms with Crippen molar-refractivity contribution < 1.29 is 14.9 Å². The maximum Gasteiger partial charge on any atom is 0.0885 e. The van der Waals surface area contributed by atoms with Crippen molar-refractivity contribution in [2.24, 2.45) is 10.8 Å². The van der Waals surface area contributed by atoms with E-state index in [0.717, 1.165) is 0 Å². The van der Waals surface area contributed by atoms with E-state index in [1.165, 1.54) is 0 Å². The molecule has 3 heteroatoms. The van der Waals surface area contributed by atoms with Crippen molar-refractivity contribution in [3.05, 3.63) is 0 Å². The first-order chi connectivity index (χ1) is 6.24. The van der Waals surface area contributed by atoms with E-state index in [1.807, 2.05) is 34.6 Å². The summed E-state index contributed by atoms with van der Waals surface area (Å²) in [7, 11) is 0. The Hall–Kier alpha value is -0.120. The van der Waals surface area contributed by atoms with E-state index in [2.05, 4.69) is 0 Å². The molecule has 1 fully saturated rings. The Kier molecular flexibility index (Phi) is 2.96. The largest absolute Gasteiger partial charge is 0.394 e. The normalized spacial score (nSPS) is 40.9.